The second-order valence-electron chi connectivity index (χ2n) is 5.74. The molecule has 4 nitrogen and oxygen atoms in total. The molecule has 0 aromatic heterocycles. The summed E-state index contributed by atoms with van der Waals surface area (Å²) in [5.41, 5.74) is 3.02. The molecule has 4 heteroatoms. The minimum Gasteiger partial charge on any atom is -0.464 e. The zero-order valence-electron chi connectivity index (χ0n) is 11.9. The van der Waals surface area contributed by atoms with E-state index in [1.54, 1.807) is 4.90 Å². The molecule has 0 radical (unpaired) electrons. The number of cyclic esters (lactones) is 1. The van der Waals surface area contributed by atoms with Crippen molar-refractivity contribution in [3.05, 3.63) is 29.3 Å². The van der Waals surface area contributed by atoms with Crippen molar-refractivity contribution in [1.82, 2.24) is 0 Å². The molecular weight excluding hydrogens is 254 g/mol. The molecule has 2 aliphatic rings. The second kappa shape index (κ2) is 4.93. The number of nitrogens with zero attached hydrogens (tertiary/aromatic N) is 1. The number of anilines is 1. The van der Waals surface area contributed by atoms with Crippen LogP contribution >= 0.6 is 0 Å². The van der Waals surface area contributed by atoms with Gasteiger partial charge in [0.05, 0.1) is 6.61 Å². The van der Waals surface area contributed by atoms with Crippen LogP contribution in [0.1, 0.15) is 30.4 Å². The number of carbonyl (C=O) groups excluding carboxylic acids is 2. The average molecular weight is 273 g/mol. The SMILES string of the molecule is Cc1ccc(N(C(=O)C2CC2)C2CCOC2=O)c(C)c1. The van der Waals surface area contributed by atoms with E-state index in [0.717, 1.165) is 29.7 Å². The molecule has 1 aliphatic heterocycles. The van der Waals surface area contributed by atoms with E-state index in [0.29, 0.717) is 13.0 Å². The number of hydrogen-bond acceptors (Lipinski definition) is 3. The monoisotopic (exact) mass is 273 g/mol. The molecule has 20 heavy (non-hydrogen) atoms. The van der Waals surface area contributed by atoms with Crippen molar-refractivity contribution >= 4 is 17.6 Å². The first-order valence-electron chi connectivity index (χ1n) is 7.15. The van der Waals surface area contributed by atoms with Gasteiger partial charge in [-0.2, -0.15) is 0 Å². The molecule has 0 N–H and O–H groups in total. The minimum atomic E-state index is -0.454. The second-order valence-corrected chi connectivity index (χ2v) is 5.74. The number of ether oxygens (including phenoxy) is 1. The van der Waals surface area contributed by atoms with E-state index in [-0.39, 0.29) is 17.8 Å². The molecule has 2 fully saturated rings. The summed E-state index contributed by atoms with van der Waals surface area (Å²) in [6.07, 6.45) is 2.45. The molecule has 3 rings (SSSR count). The molecule has 1 saturated carbocycles. The lowest BCUT2D eigenvalue weighted by Crippen LogP contribution is -2.44. The lowest BCUT2D eigenvalue weighted by molar-refractivity contribution is -0.140. The lowest BCUT2D eigenvalue weighted by atomic mass is 10.1. The number of rotatable bonds is 3. The highest BCUT2D eigenvalue weighted by atomic mass is 16.5. The fourth-order valence-corrected chi connectivity index (χ4v) is 2.76. The van der Waals surface area contributed by atoms with Crippen molar-refractivity contribution in [3.8, 4) is 0 Å². The summed E-state index contributed by atoms with van der Waals surface area (Å²) in [5.74, 6) is -0.121. The van der Waals surface area contributed by atoms with Crippen molar-refractivity contribution < 1.29 is 14.3 Å². The first kappa shape index (κ1) is 13.2. The third-order valence-corrected chi connectivity index (χ3v) is 4.00. The van der Waals surface area contributed by atoms with Gasteiger partial charge < -0.3 is 4.74 Å². The summed E-state index contributed by atoms with van der Waals surface area (Å²) in [4.78, 5) is 26.2. The molecule has 1 saturated heterocycles. The van der Waals surface area contributed by atoms with Gasteiger partial charge in [-0.3, -0.25) is 9.69 Å². The van der Waals surface area contributed by atoms with Crippen LogP contribution in [0.15, 0.2) is 18.2 Å². The van der Waals surface area contributed by atoms with Crippen molar-refractivity contribution in [2.24, 2.45) is 5.92 Å². The Morgan fingerprint density at radius 3 is 2.55 bits per heavy atom. The first-order chi connectivity index (χ1) is 9.58. The van der Waals surface area contributed by atoms with Gasteiger partial charge in [-0.05, 0) is 38.3 Å². The summed E-state index contributed by atoms with van der Waals surface area (Å²) in [6.45, 7) is 4.41. The average Bonchev–Trinajstić information content (AvgIpc) is 3.17. The maximum atomic E-state index is 12.6. The van der Waals surface area contributed by atoms with E-state index in [2.05, 4.69) is 0 Å². The summed E-state index contributed by atoms with van der Waals surface area (Å²) in [7, 11) is 0. The molecule has 0 spiro atoms. The van der Waals surface area contributed by atoms with E-state index >= 15 is 0 Å². The molecule has 106 valence electrons. The van der Waals surface area contributed by atoms with Crippen LogP contribution in [-0.4, -0.2) is 24.5 Å². The standard InChI is InChI=1S/C16H19NO3/c1-10-3-6-13(11(2)9-10)17(15(18)12-4-5-12)14-7-8-20-16(14)19/h3,6,9,12,14H,4-5,7-8H2,1-2H3. The largest absolute Gasteiger partial charge is 0.464 e. The maximum Gasteiger partial charge on any atom is 0.329 e. The molecule has 1 aromatic rings. The van der Waals surface area contributed by atoms with E-state index < -0.39 is 6.04 Å². The van der Waals surface area contributed by atoms with Crippen molar-refractivity contribution in [2.45, 2.75) is 39.2 Å². The van der Waals surface area contributed by atoms with Crippen LogP contribution in [0.2, 0.25) is 0 Å². The molecule has 1 aliphatic carbocycles. The summed E-state index contributed by atoms with van der Waals surface area (Å²) in [6, 6.07) is 5.51. The number of benzene rings is 1. The number of esters is 1. The normalized spacial score (nSPS) is 21.7. The van der Waals surface area contributed by atoms with Gasteiger partial charge in [0.25, 0.3) is 0 Å². The van der Waals surface area contributed by atoms with Crippen LogP contribution in [0.3, 0.4) is 0 Å². The third kappa shape index (κ3) is 2.30. The highest BCUT2D eigenvalue weighted by Crippen LogP contribution is 2.36. The van der Waals surface area contributed by atoms with E-state index in [4.69, 9.17) is 4.74 Å². The van der Waals surface area contributed by atoms with Gasteiger partial charge in [0.2, 0.25) is 5.91 Å². The van der Waals surface area contributed by atoms with Crippen molar-refractivity contribution in [1.29, 1.82) is 0 Å². The predicted octanol–water partition coefficient (Wildman–Crippen LogP) is 2.36. The molecule has 1 atom stereocenters. The van der Waals surface area contributed by atoms with Crippen LogP contribution in [-0.2, 0) is 14.3 Å². The zero-order valence-corrected chi connectivity index (χ0v) is 11.9. The Hall–Kier alpha value is -1.84. The van der Waals surface area contributed by atoms with E-state index in [1.807, 2.05) is 32.0 Å². The number of amides is 1. The Balaban J connectivity index is 1.99. The summed E-state index contributed by atoms with van der Waals surface area (Å²) < 4.78 is 5.05. The third-order valence-electron chi connectivity index (χ3n) is 4.00. The highest BCUT2D eigenvalue weighted by Gasteiger charge is 2.42. The van der Waals surface area contributed by atoms with Crippen LogP contribution in [0.25, 0.3) is 0 Å². The van der Waals surface area contributed by atoms with Gasteiger partial charge in [0.1, 0.15) is 6.04 Å². The van der Waals surface area contributed by atoms with Crippen LogP contribution in [0, 0.1) is 19.8 Å². The van der Waals surface area contributed by atoms with Crippen molar-refractivity contribution in [3.63, 3.8) is 0 Å². The number of hydrogen-bond donors (Lipinski definition) is 0. The smallest absolute Gasteiger partial charge is 0.329 e. The molecule has 0 bridgehead atoms. The summed E-state index contributed by atoms with van der Waals surface area (Å²) >= 11 is 0. The predicted molar refractivity (Wildman–Crippen MR) is 75.5 cm³/mol. The number of carbonyl (C=O) groups is 2. The van der Waals surface area contributed by atoms with E-state index in [1.165, 1.54) is 0 Å². The van der Waals surface area contributed by atoms with Crippen molar-refractivity contribution in [2.75, 3.05) is 11.5 Å². The molecule has 1 heterocycles. The Morgan fingerprint density at radius 1 is 1.25 bits per heavy atom. The Bertz CT molecular complexity index is 563. The summed E-state index contributed by atoms with van der Waals surface area (Å²) in [5, 5.41) is 0. The first-order valence-corrected chi connectivity index (χ1v) is 7.15. The highest BCUT2D eigenvalue weighted by molar-refractivity contribution is 6.02. The fourth-order valence-electron chi connectivity index (χ4n) is 2.76. The Morgan fingerprint density at radius 2 is 2.00 bits per heavy atom. The van der Waals surface area contributed by atoms with Gasteiger partial charge in [0, 0.05) is 18.0 Å². The molecular formula is C16H19NO3. The molecule has 1 aromatic carbocycles. The number of aryl methyl sites for hydroxylation is 2. The zero-order chi connectivity index (χ0) is 14.3. The van der Waals surface area contributed by atoms with Crippen LogP contribution in [0.5, 0.6) is 0 Å². The topological polar surface area (TPSA) is 46.6 Å². The molecule has 1 amide bonds. The van der Waals surface area contributed by atoms with Crippen LogP contribution in [0.4, 0.5) is 5.69 Å². The molecule has 1 unspecified atom stereocenters. The Kier molecular flexibility index (Phi) is 3.24. The van der Waals surface area contributed by atoms with Gasteiger partial charge in [0.15, 0.2) is 0 Å². The van der Waals surface area contributed by atoms with Gasteiger partial charge in [-0.15, -0.1) is 0 Å². The van der Waals surface area contributed by atoms with Crippen LogP contribution < -0.4 is 4.90 Å². The van der Waals surface area contributed by atoms with Gasteiger partial charge in [-0.1, -0.05) is 17.7 Å². The Labute approximate surface area is 118 Å². The maximum absolute atomic E-state index is 12.6. The fraction of sp³-hybridized carbons (Fsp3) is 0.500. The minimum absolute atomic E-state index is 0.0702. The lowest BCUT2D eigenvalue weighted by Gasteiger charge is -2.28. The van der Waals surface area contributed by atoms with Gasteiger partial charge in [-0.25, -0.2) is 4.79 Å². The van der Waals surface area contributed by atoms with E-state index in [9.17, 15) is 9.59 Å². The van der Waals surface area contributed by atoms with Gasteiger partial charge >= 0.3 is 5.97 Å². The quantitative estimate of drug-likeness (QED) is 0.794.